The molecular formula is C13H19ClN2O2Sn. The van der Waals surface area contributed by atoms with Gasteiger partial charge in [0.15, 0.2) is 0 Å². The van der Waals surface area contributed by atoms with Crippen molar-refractivity contribution in [2.45, 2.75) is 28.2 Å². The van der Waals surface area contributed by atoms with Crippen molar-refractivity contribution in [3.8, 4) is 0 Å². The van der Waals surface area contributed by atoms with E-state index in [0.29, 0.717) is 12.0 Å². The molecule has 0 aromatic heterocycles. The van der Waals surface area contributed by atoms with Crippen LogP contribution in [0.3, 0.4) is 0 Å². The summed E-state index contributed by atoms with van der Waals surface area (Å²) in [5.74, 6) is -0.548. The summed E-state index contributed by atoms with van der Waals surface area (Å²) >= 11 is 3.84. The van der Waals surface area contributed by atoms with E-state index in [4.69, 9.17) is 11.6 Å². The fourth-order valence-corrected chi connectivity index (χ4v) is 7.51. The van der Waals surface area contributed by atoms with E-state index in [9.17, 15) is 9.59 Å². The third-order valence-electron chi connectivity index (χ3n) is 2.67. The van der Waals surface area contributed by atoms with Gasteiger partial charge in [-0.3, -0.25) is 0 Å². The van der Waals surface area contributed by atoms with Gasteiger partial charge in [0.2, 0.25) is 0 Å². The van der Waals surface area contributed by atoms with Crippen molar-refractivity contribution in [3.63, 3.8) is 0 Å². The Bertz CT molecular complexity index is 498. The Morgan fingerprint density at radius 2 is 1.84 bits per heavy atom. The molecule has 1 rings (SSSR count). The second kappa shape index (κ2) is 6.61. The first-order valence-corrected chi connectivity index (χ1v) is 16.5. The Morgan fingerprint density at radius 1 is 1.21 bits per heavy atom. The Kier molecular flexibility index (Phi) is 5.67. The molecule has 0 saturated carbocycles. The average Bonchev–Trinajstić information content (AvgIpc) is 2.34. The van der Waals surface area contributed by atoms with Crippen LogP contribution < -0.4 is 14.4 Å². The zero-order valence-electron chi connectivity index (χ0n) is 11.6. The number of amides is 2. The minimum atomic E-state index is -2.35. The zero-order chi connectivity index (χ0) is 14.6. The Morgan fingerprint density at radius 3 is 2.37 bits per heavy atom. The van der Waals surface area contributed by atoms with Crippen LogP contribution in [-0.2, 0) is 4.79 Å². The quantitative estimate of drug-likeness (QED) is 0.614. The summed E-state index contributed by atoms with van der Waals surface area (Å²) in [6.45, 7) is 1.72. The van der Waals surface area contributed by atoms with E-state index in [-0.39, 0.29) is 11.8 Å². The Labute approximate surface area is 122 Å². The number of carbonyl (C=O) groups is 2. The van der Waals surface area contributed by atoms with Crippen LogP contribution in [-0.4, -0.2) is 30.2 Å². The predicted molar refractivity (Wildman–Crippen MR) is 80.3 cm³/mol. The number of halogens is 1. The van der Waals surface area contributed by atoms with Crippen LogP contribution in [0.1, 0.15) is 23.7 Å². The van der Waals surface area contributed by atoms with Crippen molar-refractivity contribution in [1.82, 2.24) is 10.9 Å². The molecule has 0 atom stereocenters. The number of benzene rings is 1. The van der Waals surface area contributed by atoms with Gasteiger partial charge in [-0.1, -0.05) is 0 Å². The van der Waals surface area contributed by atoms with Crippen molar-refractivity contribution in [2.75, 3.05) is 0 Å². The van der Waals surface area contributed by atoms with Gasteiger partial charge < -0.3 is 0 Å². The number of rotatable bonds is 3. The van der Waals surface area contributed by atoms with Gasteiger partial charge in [0.1, 0.15) is 0 Å². The van der Waals surface area contributed by atoms with E-state index >= 15 is 0 Å². The topological polar surface area (TPSA) is 58.2 Å². The van der Waals surface area contributed by atoms with Crippen LogP contribution in [0.25, 0.3) is 0 Å². The van der Waals surface area contributed by atoms with Crippen molar-refractivity contribution < 1.29 is 9.59 Å². The summed E-state index contributed by atoms with van der Waals surface area (Å²) in [7, 11) is 0. The molecule has 1 aromatic carbocycles. The number of hydrazine groups is 1. The maximum absolute atomic E-state index is 11.9. The van der Waals surface area contributed by atoms with E-state index < -0.39 is 18.4 Å². The zero-order valence-corrected chi connectivity index (χ0v) is 15.2. The van der Waals surface area contributed by atoms with Crippen LogP contribution in [0, 0.1) is 0 Å². The van der Waals surface area contributed by atoms with Crippen LogP contribution in [0.15, 0.2) is 18.2 Å². The summed E-state index contributed by atoms with van der Waals surface area (Å²) in [6.07, 6.45) is 0.324. The average molecular weight is 389 g/mol. The molecule has 0 heterocycles. The van der Waals surface area contributed by atoms with Gasteiger partial charge in [-0.25, -0.2) is 0 Å². The molecule has 0 aliphatic carbocycles. The number of carbonyl (C=O) groups excluding carboxylic acids is 2. The van der Waals surface area contributed by atoms with E-state index in [1.807, 2.05) is 6.07 Å². The monoisotopic (exact) mass is 390 g/mol. The van der Waals surface area contributed by atoms with Gasteiger partial charge in [0.25, 0.3) is 0 Å². The molecule has 0 unspecified atom stereocenters. The first-order valence-electron chi connectivity index (χ1n) is 6.15. The van der Waals surface area contributed by atoms with Crippen molar-refractivity contribution >= 4 is 45.4 Å². The molecule has 1 aromatic rings. The van der Waals surface area contributed by atoms with Crippen LogP contribution >= 0.6 is 11.6 Å². The molecule has 19 heavy (non-hydrogen) atoms. The van der Waals surface area contributed by atoms with Gasteiger partial charge in [-0.05, 0) is 0 Å². The van der Waals surface area contributed by atoms with Crippen LogP contribution in [0.5, 0.6) is 0 Å². The van der Waals surface area contributed by atoms with E-state index in [1.54, 1.807) is 19.1 Å². The SMILES string of the molecule is CCC(=O)NNC(=O)c1ccc(Cl)[c]([Sn]([CH3])([CH3])[CH3])c1. The van der Waals surface area contributed by atoms with E-state index in [1.165, 1.54) is 0 Å². The molecule has 2 amide bonds. The van der Waals surface area contributed by atoms with Gasteiger partial charge in [0, 0.05) is 0 Å². The third kappa shape index (κ3) is 4.69. The molecule has 0 spiro atoms. The molecule has 2 N–H and O–H groups in total. The summed E-state index contributed by atoms with van der Waals surface area (Å²) in [5, 5.41) is 0.720. The molecule has 0 radical (unpaired) electrons. The van der Waals surface area contributed by atoms with Crippen LogP contribution in [0.4, 0.5) is 0 Å². The molecule has 0 aliphatic rings. The molecule has 6 heteroatoms. The summed E-state index contributed by atoms with van der Waals surface area (Å²) in [4.78, 5) is 29.7. The summed E-state index contributed by atoms with van der Waals surface area (Å²) in [6, 6.07) is 5.25. The van der Waals surface area contributed by atoms with E-state index in [2.05, 4.69) is 25.7 Å². The molecule has 0 fully saturated rings. The molecule has 4 nitrogen and oxygen atoms in total. The summed E-state index contributed by atoms with van der Waals surface area (Å²) in [5.41, 5.74) is 5.25. The number of hydrogen-bond donors (Lipinski definition) is 2. The fourth-order valence-electron chi connectivity index (χ4n) is 1.53. The minimum absolute atomic E-state index is 0.225. The molecule has 0 aliphatic heterocycles. The predicted octanol–water partition coefficient (Wildman–Crippen LogP) is 2.06. The third-order valence-corrected chi connectivity index (χ3v) is 9.25. The fraction of sp³-hybridized carbons (Fsp3) is 0.385. The second-order valence-electron chi connectivity index (χ2n) is 5.30. The summed E-state index contributed by atoms with van der Waals surface area (Å²) < 4.78 is 1.10. The standard InChI is InChI=1S/C10H10ClN2O2.3CH3.Sn/c1-2-9(14)12-13-10(15)7-3-5-8(11)6-4-7;;;;/h3-5H,2H2,1H3,(H,12,14)(H,13,15);3*1H3;. The maximum atomic E-state index is 11.9. The second-order valence-corrected chi connectivity index (χ2v) is 20.1. The Hall–Kier alpha value is -0.751. The normalized spacial score (nSPS) is 11.0. The van der Waals surface area contributed by atoms with Gasteiger partial charge in [-0.2, -0.15) is 0 Å². The number of hydrogen-bond acceptors (Lipinski definition) is 2. The molecule has 0 bridgehead atoms. The van der Waals surface area contributed by atoms with E-state index in [0.717, 1.165) is 8.60 Å². The van der Waals surface area contributed by atoms with Crippen molar-refractivity contribution in [3.05, 3.63) is 28.8 Å². The van der Waals surface area contributed by atoms with Gasteiger partial charge >= 0.3 is 123 Å². The molecular weight excluding hydrogens is 370 g/mol. The first-order chi connectivity index (χ1) is 8.75. The van der Waals surface area contributed by atoms with Crippen LogP contribution in [0.2, 0.25) is 19.8 Å². The Balaban J connectivity index is 2.90. The van der Waals surface area contributed by atoms with Crippen molar-refractivity contribution in [1.29, 1.82) is 0 Å². The van der Waals surface area contributed by atoms with Gasteiger partial charge in [-0.15, -0.1) is 0 Å². The number of nitrogens with one attached hydrogen (secondary N) is 2. The first kappa shape index (κ1) is 16.3. The molecule has 0 saturated heterocycles. The van der Waals surface area contributed by atoms with Crippen molar-refractivity contribution in [2.24, 2.45) is 0 Å². The van der Waals surface area contributed by atoms with Gasteiger partial charge in [0.05, 0.1) is 0 Å². The molecule has 104 valence electrons.